The first kappa shape index (κ1) is 12.7. The summed E-state index contributed by atoms with van der Waals surface area (Å²) in [5.74, 6) is -0.713. The number of carboxylic acids is 1. The molecule has 1 rings (SSSR count). The van der Waals surface area contributed by atoms with E-state index in [-0.39, 0.29) is 23.2 Å². The highest BCUT2D eigenvalue weighted by molar-refractivity contribution is 6.33. The lowest BCUT2D eigenvalue weighted by Crippen LogP contribution is -2.23. The highest BCUT2D eigenvalue weighted by Crippen LogP contribution is 2.18. The van der Waals surface area contributed by atoms with Crippen molar-refractivity contribution in [2.75, 3.05) is 11.9 Å². The van der Waals surface area contributed by atoms with Crippen molar-refractivity contribution < 1.29 is 15.0 Å². The fourth-order valence-corrected chi connectivity index (χ4v) is 1.35. The van der Waals surface area contributed by atoms with Crippen molar-refractivity contribution >= 4 is 23.4 Å². The Morgan fingerprint density at radius 2 is 2.38 bits per heavy atom. The summed E-state index contributed by atoms with van der Waals surface area (Å²) in [5, 5.41) is 20.8. The topological polar surface area (TPSA) is 82.5 Å². The summed E-state index contributed by atoms with van der Waals surface area (Å²) in [6, 6.07) is 1.21. The Kier molecular flexibility index (Phi) is 4.52. The number of carbonyl (C=O) groups is 1. The second-order valence-corrected chi connectivity index (χ2v) is 3.69. The van der Waals surface area contributed by atoms with Crippen LogP contribution in [0.25, 0.3) is 0 Å². The van der Waals surface area contributed by atoms with E-state index in [9.17, 15) is 4.79 Å². The number of nitrogens with zero attached hydrogens (tertiary/aromatic N) is 1. The molecular formula is C10H13ClN2O3. The third-order valence-electron chi connectivity index (χ3n) is 2.15. The molecule has 0 aliphatic carbocycles. The van der Waals surface area contributed by atoms with E-state index in [0.29, 0.717) is 12.2 Å². The number of aromatic carboxylic acids is 1. The summed E-state index contributed by atoms with van der Waals surface area (Å²) in [7, 11) is 0. The van der Waals surface area contributed by atoms with Crippen molar-refractivity contribution in [3.63, 3.8) is 0 Å². The van der Waals surface area contributed by atoms with Crippen molar-refractivity contribution in [3.8, 4) is 0 Å². The Labute approximate surface area is 98.1 Å². The van der Waals surface area contributed by atoms with Crippen LogP contribution in [0.3, 0.4) is 0 Å². The maximum absolute atomic E-state index is 10.8. The molecule has 1 aromatic heterocycles. The van der Waals surface area contributed by atoms with Crippen LogP contribution in [-0.2, 0) is 0 Å². The number of rotatable bonds is 5. The van der Waals surface area contributed by atoms with Gasteiger partial charge < -0.3 is 15.5 Å². The molecule has 16 heavy (non-hydrogen) atoms. The van der Waals surface area contributed by atoms with Crippen molar-refractivity contribution in [1.82, 2.24) is 4.98 Å². The Hall–Kier alpha value is -1.33. The molecule has 1 unspecified atom stereocenters. The lowest BCUT2D eigenvalue weighted by molar-refractivity contribution is 0.0697. The minimum Gasteiger partial charge on any atom is -0.478 e. The van der Waals surface area contributed by atoms with E-state index in [1.165, 1.54) is 12.3 Å². The van der Waals surface area contributed by atoms with Crippen molar-refractivity contribution in [2.24, 2.45) is 0 Å². The molecule has 0 aliphatic rings. The fourth-order valence-electron chi connectivity index (χ4n) is 1.17. The molecule has 0 aromatic carbocycles. The molecule has 0 saturated heterocycles. The standard InChI is InChI=1S/C10H13ClN2O3/c1-2-6(5-14)13-9-3-7(10(15)16)8(11)4-12-9/h3-4,6,14H,2,5H2,1H3,(H,12,13)(H,15,16). The first-order valence-electron chi connectivity index (χ1n) is 4.84. The van der Waals surface area contributed by atoms with Crippen molar-refractivity contribution in [2.45, 2.75) is 19.4 Å². The fraction of sp³-hybridized carbons (Fsp3) is 0.400. The lowest BCUT2D eigenvalue weighted by Gasteiger charge is -2.14. The monoisotopic (exact) mass is 244 g/mol. The molecule has 0 spiro atoms. The number of aromatic nitrogens is 1. The van der Waals surface area contributed by atoms with Gasteiger partial charge >= 0.3 is 5.97 Å². The van der Waals surface area contributed by atoms with Crippen LogP contribution in [0.5, 0.6) is 0 Å². The first-order chi connectivity index (χ1) is 7.58. The normalized spacial score (nSPS) is 12.2. The van der Waals surface area contributed by atoms with Crippen molar-refractivity contribution in [1.29, 1.82) is 0 Å². The molecule has 6 heteroatoms. The number of nitrogens with one attached hydrogen (secondary N) is 1. The van der Waals surface area contributed by atoms with Gasteiger partial charge in [0.2, 0.25) is 0 Å². The number of hydrogen-bond donors (Lipinski definition) is 3. The average Bonchev–Trinajstić information content (AvgIpc) is 2.27. The lowest BCUT2D eigenvalue weighted by atomic mass is 10.2. The summed E-state index contributed by atoms with van der Waals surface area (Å²) >= 11 is 5.68. The first-order valence-corrected chi connectivity index (χ1v) is 5.22. The maximum Gasteiger partial charge on any atom is 0.337 e. The van der Waals surface area contributed by atoms with Crippen LogP contribution < -0.4 is 5.32 Å². The molecule has 0 radical (unpaired) electrons. The minimum absolute atomic E-state index is 0.00744. The average molecular weight is 245 g/mol. The molecule has 0 bridgehead atoms. The third kappa shape index (κ3) is 3.08. The SMILES string of the molecule is CCC(CO)Nc1cc(C(=O)O)c(Cl)cn1. The number of aliphatic hydroxyl groups is 1. The quantitative estimate of drug-likeness (QED) is 0.733. The van der Waals surface area contributed by atoms with Gasteiger partial charge in [-0.25, -0.2) is 9.78 Å². The van der Waals surface area contributed by atoms with E-state index >= 15 is 0 Å². The zero-order valence-corrected chi connectivity index (χ0v) is 9.53. The molecule has 0 aliphatic heterocycles. The van der Waals surface area contributed by atoms with Gasteiger partial charge in [-0.05, 0) is 12.5 Å². The van der Waals surface area contributed by atoms with Crippen LogP contribution in [0.2, 0.25) is 5.02 Å². The largest absolute Gasteiger partial charge is 0.478 e. The van der Waals surface area contributed by atoms with Crippen LogP contribution in [0, 0.1) is 0 Å². The molecule has 1 heterocycles. The molecule has 1 aromatic rings. The van der Waals surface area contributed by atoms with Crippen LogP contribution in [0.15, 0.2) is 12.3 Å². The summed E-state index contributed by atoms with van der Waals surface area (Å²) in [6.07, 6.45) is 1.99. The van der Waals surface area contributed by atoms with Gasteiger partial charge in [-0.2, -0.15) is 0 Å². The summed E-state index contributed by atoms with van der Waals surface area (Å²) in [5.41, 5.74) is -0.00744. The number of anilines is 1. The molecule has 0 saturated carbocycles. The van der Waals surface area contributed by atoms with Gasteiger partial charge in [0.25, 0.3) is 0 Å². The van der Waals surface area contributed by atoms with Gasteiger partial charge in [-0.3, -0.25) is 0 Å². The number of hydrogen-bond acceptors (Lipinski definition) is 4. The predicted octanol–water partition coefficient (Wildman–Crippen LogP) is 1.62. The van der Waals surface area contributed by atoms with E-state index in [4.69, 9.17) is 21.8 Å². The van der Waals surface area contributed by atoms with E-state index in [2.05, 4.69) is 10.3 Å². The van der Waals surface area contributed by atoms with Gasteiger partial charge in [0.1, 0.15) is 5.82 Å². The van der Waals surface area contributed by atoms with E-state index < -0.39 is 5.97 Å². The molecule has 3 N–H and O–H groups in total. The van der Waals surface area contributed by atoms with Gasteiger partial charge in [-0.1, -0.05) is 18.5 Å². The number of halogens is 1. The highest BCUT2D eigenvalue weighted by atomic mass is 35.5. The van der Waals surface area contributed by atoms with Crippen LogP contribution in [0.4, 0.5) is 5.82 Å². The number of aliphatic hydroxyl groups excluding tert-OH is 1. The van der Waals surface area contributed by atoms with Gasteiger partial charge in [0.15, 0.2) is 0 Å². The maximum atomic E-state index is 10.8. The second kappa shape index (κ2) is 5.67. The van der Waals surface area contributed by atoms with Crippen LogP contribution in [-0.4, -0.2) is 33.8 Å². The second-order valence-electron chi connectivity index (χ2n) is 3.29. The summed E-state index contributed by atoms with van der Waals surface area (Å²) < 4.78 is 0. The zero-order chi connectivity index (χ0) is 12.1. The number of carboxylic acid groups (broad SMARTS) is 1. The van der Waals surface area contributed by atoms with E-state index in [1.807, 2.05) is 6.92 Å². The van der Waals surface area contributed by atoms with Crippen LogP contribution >= 0.6 is 11.6 Å². The van der Waals surface area contributed by atoms with Gasteiger partial charge in [-0.15, -0.1) is 0 Å². The molecule has 0 amide bonds. The molecule has 1 atom stereocenters. The third-order valence-corrected chi connectivity index (χ3v) is 2.45. The number of pyridine rings is 1. The summed E-state index contributed by atoms with van der Waals surface area (Å²) in [6.45, 7) is 1.87. The zero-order valence-electron chi connectivity index (χ0n) is 8.77. The van der Waals surface area contributed by atoms with Crippen molar-refractivity contribution in [3.05, 3.63) is 22.8 Å². The molecule has 88 valence electrons. The van der Waals surface area contributed by atoms with Crippen LogP contribution in [0.1, 0.15) is 23.7 Å². The predicted molar refractivity (Wildman–Crippen MR) is 61.0 cm³/mol. The Morgan fingerprint density at radius 3 is 2.88 bits per heavy atom. The van der Waals surface area contributed by atoms with E-state index in [0.717, 1.165) is 0 Å². The minimum atomic E-state index is -1.10. The molecule has 0 fully saturated rings. The smallest absolute Gasteiger partial charge is 0.337 e. The molecule has 5 nitrogen and oxygen atoms in total. The highest BCUT2D eigenvalue weighted by Gasteiger charge is 2.12. The Balaban J connectivity index is 2.90. The Bertz CT molecular complexity index is 380. The molecular weight excluding hydrogens is 232 g/mol. The Morgan fingerprint density at radius 1 is 1.69 bits per heavy atom. The van der Waals surface area contributed by atoms with Gasteiger partial charge in [0, 0.05) is 6.20 Å². The van der Waals surface area contributed by atoms with E-state index in [1.54, 1.807) is 0 Å². The van der Waals surface area contributed by atoms with Gasteiger partial charge in [0.05, 0.1) is 23.2 Å². The summed E-state index contributed by atoms with van der Waals surface area (Å²) in [4.78, 5) is 14.7.